The lowest BCUT2D eigenvalue weighted by Crippen LogP contribution is -2.18. The van der Waals surface area contributed by atoms with Crippen molar-refractivity contribution >= 4 is 11.6 Å². The summed E-state index contributed by atoms with van der Waals surface area (Å²) < 4.78 is 6.89. The maximum Gasteiger partial charge on any atom is 0.338 e. The minimum Gasteiger partial charge on any atom is -0.465 e. The van der Waals surface area contributed by atoms with Crippen molar-refractivity contribution < 1.29 is 9.53 Å². The zero-order valence-corrected chi connectivity index (χ0v) is 13.4. The first-order valence-electron chi connectivity index (χ1n) is 7.35. The number of carbonyl (C=O) groups excluding carboxylic acids is 1. The maximum absolute atomic E-state index is 11.8. The molecule has 0 saturated carbocycles. The summed E-state index contributed by atoms with van der Waals surface area (Å²) in [5, 5.41) is 8.56. The molecule has 0 bridgehead atoms. The molecule has 0 saturated heterocycles. The number of unbranched alkanes of at least 4 members (excludes halogenated alkanes) is 1. The van der Waals surface area contributed by atoms with Gasteiger partial charge in [-0.2, -0.15) is 0 Å². The molecule has 0 spiro atoms. The molecule has 0 radical (unpaired) electrons. The highest BCUT2D eigenvalue weighted by Crippen LogP contribution is 2.24. The fourth-order valence-corrected chi connectivity index (χ4v) is 2.36. The average Bonchev–Trinajstić information content (AvgIpc) is 2.87. The molecule has 2 aromatic heterocycles. The van der Waals surface area contributed by atoms with Gasteiger partial charge < -0.3 is 4.74 Å². The minimum atomic E-state index is -0.337. The Labute approximate surface area is 125 Å². The summed E-state index contributed by atoms with van der Waals surface area (Å²) >= 11 is 0. The second kappa shape index (κ2) is 5.84. The molecule has 5 nitrogen and oxygen atoms in total. The molecule has 0 aliphatic heterocycles. The van der Waals surface area contributed by atoms with Gasteiger partial charge in [0.25, 0.3) is 0 Å². The fraction of sp³-hybridized carbons (Fsp3) is 0.562. The highest BCUT2D eigenvalue weighted by Gasteiger charge is 2.23. The zero-order valence-electron chi connectivity index (χ0n) is 13.4. The molecule has 5 heteroatoms. The van der Waals surface area contributed by atoms with Crippen molar-refractivity contribution in [2.75, 3.05) is 7.11 Å². The minimum absolute atomic E-state index is 0.104. The zero-order chi connectivity index (χ0) is 15.6. The quantitative estimate of drug-likeness (QED) is 0.811. The maximum atomic E-state index is 11.8. The molecule has 0 aliphatic carbocycles. The van der Waals surface area contributed by atoms with E-state index in [1.807, 2.05) is 6.07 Å². The first-order chi connectivity index (χ1) is 9.88. The van der Waals surface area contributed by atoms with Crippen molar-refractivity contribution in [2.24, 2.45) is 0 Å². The summed E-state index contributed by atoms with van der Waals surface area (Å²) in [7, 11) is 1.39. The number of hydrogen-bond acceptors (Lipinski definition) is 4. The molecule has 2 heterocycles. The van der Waals surface area contributed by atoms with Gasteiger partial charge in [-0.1, -0.05) is 34.1 Å². The third-order valence-corrected chi connectivity index (χ3v) is 3.46. The molecule has 114 valence electrons. The van der Waals surface area contributed by atoms with E-state index >= 15 is 0 Å². The van der Waals surface area contributed by atoms with Crippen LogP contribution in [0, 0.1) is 0 Å². The summed E-state index contributed by atoms with van der Waals surface area (Å²) in [5.74, 6) is 0.579. The van der Waals surface area contributed by atoms with Gasteiger partial charge in [-0.3, -0.25) is 4.40 Å². The second-order valence-corrected chi connectivity index (χ2v) is 6.30. The number of carbonyl (C=O) groups is 1. The Kier molecular flexibility index (Phi) is 4.30. The van der Waals surface area contributed by atoms with Gasteiger partial charge in [0.05, 0.1) is 12.7 Å². The van der Waals surface area contributed by atoms with Crippen LogP contribution < -0.4 is 0 Å². The lowest BCUT2D eigenvalue weighted by atomic mass is 9.95. The molecule has 2 rings (SSSR count). The van der Waals surface area contributed by atoms with Crippen LogP contribution in [0.15, 0.2) is 12.1 Å². The SMILES string of the molecule is CCCCc1cc(C(=O)OC)cc2nnc(C(C)(C)C)n12. The molecule has 0 N–H and O–H groups in total. The van der Waals surface area contributed by atoms with Crippen molar-refractivity contribution in [2.45, 2.75) is 52.4 Å². The van der Waals surface area contributed by atoms with E-state index < -0.39 is 0 Å². The number of aromatic nitrogens is 3. The third-order valence-electron chi connectivity index (χ3n) is 3.46. The summed E-state index contributed by atoms with van der Waals surface area (Å²) in [6.45, 7) is 8.49. The van der Waals surface area contributed by atoms with Crippen LogP contribution >= 0.6 is 0 Å². The van der Waals surface area contributed by atoms with Crippen molar-refractivity contribution in [1.82, 2.24) is 14.6 Å². The molecule has 0 unspecified atom stereocenters. The first kappa shape index (κ1) is 15.5. The van der Waals surface area contributed by atoms with Gasteiger partial charge in [-0.15, -0.1) is 10.2 Å². The highest BCUT2D eigenvalue weighted by atomic mass is 16.5. The van der Waals surface area contributed by atoms with Crippen molar-refractivity contribution in [3.05, 3.63) is 29.2 Å². The molecule has 0 aliphatic rings. The Morgan fingerprint density at radius 1 is 1.29 bits per heavy atom. The van der Waals surface area contributed by atoms with E-state index in [-0.39, 0.29) is 11.4 Å². The Balaban J connectivity index is 2.65. The summed E-state index contributed by atoms with van der Waals surface area (Å²) in [4.78, 5) is 11.8. The Morgan fingerprint density at radius 2 is 2.00 bits per heavy atom. The van der Waals surface area contributed by atoms with Crippen molar-refractivity contribution in [3.8, 4) is 0 Å². The molecule has 0 aromatic carbocycles. The molecule has 21 heavy (non-hydrogen) atoms. The standard InChI is InChI=1S/C16H23N3O2/c1-6-7-8-12-9-11(14(20)21-5)10-13-17-18-15(19(12)13)16(2,3)4/h9-10H,6-8H2,1-5H3. The second-order valence-electron chi connectivity index (χ2n) is 6.30. The molecule has 0 atom stereocenters. The van der Waals surface area contributed by atoms with Crippen LogP contribution in [0.25, 0.3) is 5.65 Å². The number of aryl methyl sites for hydroxylation is 1. The van der Waals surface area contributed by atoms with E-state index in [9.17, 15) is 4.79 Å². The van der Waals surface area contributed by atoms with Gasteiger partial charge >= 0.3 is 5.97 Å². The topological polar surface area (TPSA) is 56.5 Å². The van der Waals surface area contributed by atoms with Crippen molar-refractivity contribution in [1.29, 1.82) is 0 Å². The van der Waals surface area contributed by atoms with Gasteiger partial charge in [-0.25, -0.2) is 4.79 Å². The predicted molar refractivity (Wildman–Crippen MR) is 81.6 cm³/mol. The third kappa shape index (κ3) is 3.06. The van der Waals surface area contributed by atoms with E-state index in [0.717, 1.165) is 30.8 Å². The van der Waals surface area contributed by atoms with Gasteiger partial charge in [0.15, 0.2) is 5.65 Å². The average molecular weight is 289 g/mol. The Hall–Kier alpha value is -1.91. The number of hydrogen-bond donors (Lipinski definition) is 0. The lowest BCUT2D eigenvalue weighted by Gasteiger charge is -2.18. The number of fused-ring (bicyclic) bond motifs is 1. The lowest BCUT2D eigenvalue weighted by molar-refractivity contribution is 0.0600. The van der Waals surface area contributed by atoms with E-state index in [0.29, 0.717) is 11.2 Å². The highest BCUT2D eigenvalue weighted by molar-refractivity contribution is 5.90. The molecule has 2 aromatic rings. The van der Waals surface area contributed by atoms with Crippen LogP contribution in [-0.4, -0.2) is 27.7 Å². The van der Waals surface area contributed by atoms with Crippen LogP contribution in [-0.2, 0) is 16.6 Å². The Morgan fingerprint density at radius 3 is 2.57 bits per heavy atom. The van der Waals surface area contributed by atoms with Gasteiger partial charge in [0.2, 0.25) is 0 Å². The molecule has 0 amide bonds. The summed E-state index contributed by atoms with van der Waals surface area (Å²) in [6, 6.07) is 3.64. The number of pyridine rings is 1. The molecular formula is C16H23N3O2. The van der Waals surface area contributed by atoms with Gasteiger partial charge in [0.1, 0.15) is 5.82 Å². The summed E-state index contributed by atoms with van der Waals surface area (Å²) in [6.07, 6.45) is 3.04. The van der Waals surface area contributed by atoms with E-state index in [1.54, 1.807) is 6.07 Å². The van der Waals surface area contributed by atoms with Crippen LogP contribution in [0.3, 0.4) is 0 Å². The normalized spacial score (nSPS) is 11.9. The van der Waals surface area contributed by atoms with Crippen LogP contribution in [0.2, 0.25) is 0 Å². The van der Waals surface area contributed by atoms with Crippen molar-refractivity contribution in [3.63, 3.8) is 0 Å². The summed E-state index contributed by atoms with van der Waals surface area (Å²) in [5.41, 5.74) is 2.19. The van der Waals surface area contributed by atoms with Gasteiger partial charge in [-0.05, 0) is 25.0 Å². The number of methoxy groups -OCH3 is 1. The van der Waals surface area contributed by atoms with Crippen LogP contribution in [0.1, 0.15) is 62.4 Å². The van der Waals surface area contributed by atoms with Gasteiger partial charge in [0, 0.05) is 11.1 Å². The van der Waals surface area contributed by atoms with Crippen LogP contribution in [0.4, 0.5) is 0 Å². The number of ether oxygens (including phenoxy) is 1. The number of nitrogens with zero attached hydrogens (tertiary/aromatic N) is 3. The van der Waals surface area contributed by atoms with E-state index in [2.05, 4.69) is 42.3 Å². The number of esters is 1. The number of rotatable bonds is 4. The fourth-order valence-electron chi connectivity index (χ4n) is 2.36. The van der Waals surface area contributed by atoms with E-state index in [4.69, 9.17) is 4.74 Å². The Bertz CT molecular complexity index is 653. The molecular weight excluding hydrogens is 266 g/mol. The smallest absolute Gasteiger partial charge is 0.338 e. The van der Waals surface area contributed by atoms with Crippen LogP contribution in [0.5, 0.6) is 0 Å². The van der Waals surface area contributed by atoms with E-state index in [1.165, 1.54) is 7.11 Å². The monoisotopic (exact) mass is 289 g/mol. The first-order valence-corrected chi connectivity index (χ1v) is 7.35. The largest absolute Gasteiger partial charge is 0.465 e. The predicted octanol–water partition coefficient (Wildman–Crippen LogP) is 3.16. The molecule has 0 fully saturated rings.